The Hall–Kier alpha value is -0.160. The number of ether oxygens (including phenoxy) is 2. The van der Waals surface area contributed by atoms with Crippen molar-refractivity contribution in [1.29, 1.82) is 0 Å². The summed E-state index contributed by atoms with van der Waals surface area (Å²) in [7, 11) is 1.72. The van der Waals surface area contributed by atoms with E-state index in [2.05, 4.69) is 5.43 Å². The van der Waals surface area contributed by atoms with Crippen LogP contribution in [0.2, 0.25) is 0 Å². The molecule has 0 bridgehead atoms. The van der Waals surface area contributed by atoms with Crippen molar-refractivity contribution in [3.05, 3.63) is 0 Å². The molecule has 0 aromatic heterocycles. The van der Waals surface area contributed by atoms with Crippen LogP contribution in [0.4, 0.5) is 0 Å². The number of nitrogens with one attached hydrogen (secondary N) is 1. The van der Waals surface area contributed by atoms with Gasteiger partial charge in [0.15, 0.2) is 0 Å². The Morgan fingerprint density at radius 3 is 3.00 bits per heavy atom. The lowest BCUT2D eigenvalue weighted by Crippen LogP contribution is -2.36. The Balaban J connectivity index is 2.00. The smallest absolute Gasteiger partial charge is 0.0576 e. The highest BCUT2D eigenvalue weighted by Gasteiger charge is 2.15. The lowest BCUT2D eigenvalue weighted by atomic mass is 10.0. The molecule has 1 aliphatic heterocycles. The zero-order valence-corrected chi connectivity index (χ0v) is 9.71. The van der Waals surface area contributed by atoms with Gasteiger partial charge in [-0.25, -0.2) is 0 Å². The van der Waals surface area contributed by atoms with Gasteiger partial charge < -0.3 is 9.47 Å². The fourth-order valence-electron chi connectivity index (χ4n) is 2.04. The molecule has 0 amide bonds. The van der Waals surface area contributed by atoms with Crippen LogP contribution in [0.3, 0.4) is 0 Å². The Kier molecular flexibility index (Phi) is 6.92. The molecule has 4 nitrogen and oxygen atoms in total. The van der Waals surface area contributed by atoms with Crippen molar-refractivity contribution in [2.45, 2.75) is 50.7 Å². The molecule has 2 atom stereocenters. The third kappa shape index (κ3) is 5.47. The summed E-state index contributed by atoms with van der Waals surface area (Å²) in [6.45, 7) is 1.72. The summed E-state index contributed by atoms with van der Waals surface area (Å²) in [6.07, 6.45) is 7.42. The summed E-state index contributed by atoms with van der Waals surface area (Å²) in [5.41, 5.74) is 2.84. The maximum absolute atomic E-state index is 5.57. The van der Waals surface area contributed by atoms with Crippen LogP contribution in [-0.4, -0.2) is 32.5 Å². The standard InChI is InChI=1S/C11H24N2O2/c1-14-9-7-10(13-12)4-2-5-11-6-3-8-15-11/h10-11,13H,2-9,12H2,1H3. The first-order valence-electron chi connectivity index (χ1n) is 5.93. The van der Waals surface area contributed by atoms with E-state index < -0.39 is 0 Å². The lowest BCUT2D eigenvalue weighted by Gasteiger charge is -2.16. The van der Waals surface area contributed by atoms with Crippen LogP contribution in [0.5, 0.6) is 0 Å². The molecular formula is C11H24N2O2. The van der Waals surface area contributed by atoms with Crippen LogP contribution in [0.15, 0.2) is 0 Å². The summed E-state index contributed by atoms with van der Waals surface area (Å²) in [5.74, 6) is 5.47. The number of hydrogen-bond acceptors (Lipinski definition) is 4. The van der Waals surface area contributed by atoms with Crippen molar-refractivity contribution < 1.29 is 9.47 Å². The van der Waals surface area contributed by atoms with Crippen LogP contribution >= 0.6 is 0 Å². The molecule has 1 heterocycles. The third-order valence-electron chi connectivity index (χ3n) is 3.01. The summed E-state index contributed by atoms with van der Waals surface area (Å²) in [6, 6.07) is 0.381. The Morgan fingerprint density at radius 2 is 2.40 bits per heavy atom. The topological polar surface area (TPSA) is 56.5 Å². The highest BCUT2D eigenvalue weighted by molar-refractivity contribution is 4.68. The van der Waals surface area contributed by atoms with E-state index in [1.807, 2.05) is 0 Å². The van der Waals surface area contributed by atoms with Crippen molar-refractivity contribution in [3.63, 3.8) is 0 Å². The number of methoxy groups -OCH3 is 1. The number of nitrogens with two attached hydrogens (primary N) is 1. The molecule has 15 heavy (non-hydrogen) atoms. The molecule has 4 heteroatoms. The van der Waals surface area contributed by atoms with Crippen LogP contribution in [-0.2, 0) is 9.47 Å². The maximum atomic E-state index is 5.57. The largest absolute Gasteiger partial charge is 0.385 e. The molecule has 0 radical (unpaired) electrons. The fraction of sp³-hybridized carbons (Fsp3) is 1.00. The average Bonchev–Trinajstić information content (AvgIpc) is 2.76. The molecule has 90 valence electrons. The van der Waals surface area contributed by atoms with E-state index in [1.165, 1.54) is 25.7 Å². The Morgan fingerprint density at radius 1 is 1.53 bits per heavy atom. The minimum atomic E-state index is 0.381. The SMILES string of the molecule is COCCC(CCCC1CCCO1)NN. The molecule has 0 spiro atoms. The minimum Gasteiger partial charge on any atom is -0.385 e. The average molecular weight is 216 g/mol. The van der Waals surface area contributed by atoms with E-state index in [0.717, 1.165) is 26.1 Å². The molecule has 0 aromatic rings. The van der Waals surface area contributed by atoms with Gasteiger partial charge in [-0.1, -0.05) is 0 Å². The molecule has 0 aliphatic carbocycles. The van der Waals surface area contributed by atoms with E-state index in [9.17, 15) is 0 Å². The number of rotatable bonds is 8. The van der Waals surface area contributed by atoms with Crippen molar-refractivity contribution in [2.24, 2.45) is 5.84 Å². The number of hydrazine groups is 1. The highest BCUT2D eigenvalue weighted by Crippen LogP contribution is 2.18. The summed E-state index contributed by atoms with van der Waals surface area (Å²) in [4.78, 5) is 0. The van der Waals surface area contributed by atoms with Gasteiger partial charge in [0.05, 0.1) is 6.10 Å². The monoisotopic (exact) mass is 216 g/mol. The van der Waals surface area contributed by atoms with E-state index in [1.54, 1.807) is 7.11 Å². The molecule has 0 aromatic carbocycles. The quantitative estimate of drug-likeness (QED) is 0.473. The van der Waals surface area contributed by atoms with Gasteiger partial charge in [-0.05, 0) is 38.5 Å². The van der Waals surface area contributed by atoms with E-state index in [4.69, 9.17) is 15.3 Å². The zero-order valence-electron chi connectivity index (χ0n) is 9.71. The van der Waals surface area contributed by atoms with Gasteiger partial charge in [-0.3, -0.25) is 11.3 Å². The van der Waals surface area contributed by atoms with E-state index in [-0.39, 0.29) is 0 Å². The van der Waals surface area contributed by atoms with Crippen LogP contribution in [0, 0.1) is 0 Å². The Bertz CT molecular complexity index is 150. The van der Waals surface area contributed by atoms with E-state index in [0.29, 0.717) is 12.1 Å². The summed E-state index contributed by atoms with van der Waals surface area (Å²) >= 11 is 0. The van der Waals surface area contributed by atoms with Crippen LogP contribution < -0.4 is 11.3 Å². The zero-order chi connectivity index (χ0) is 10.9. The second kappa shape index (κ2) is 8.05. The van der Waals surface area contributed by atoms with Gasteiger partial charge >= 0.3 is 0 Å². The Labute approximate surface area is 92.5 Å². The van der Waals surface area contributed by atoms with Gasteiger partial charge in [-0.2, -0.15) is 0 Å². The molecule has 1 fully saturated rings. The normalized spacial score (nSPS) is 23.2. The first kappa shape index (κ1) is 12.9. The van der Waals surface area contributed by atoms with Crippen molar-refractivity contribution in [3.8, 4) is 0 Å². The van der Waals surface area contributed by atoms with Crippen molar-refractivity contribution in [1.82, 2.24) is 5.43 Å². The maximum Gasteiger partial charge on any atom is 0.0576 e. The predicted molar refractivity (Wildman–Crippen MR) is 60.4 cm³/mol. The van der Waals surface area contributed by atoms with Gasteiger partial charge in [0.2, 0.25) is 0 Å². The van der Waals surface area contributed by atoms with E-state index >= 15 is 0 Å². The second-order valence-corrected chi connectivity index (χ2v) is 4.21. The number of hydrogen-bond donors (Lipinski definition) is 2. The van der Waals surface area contributed by atoms with Gasteiger partial charge in [0.1, 0.15) is 0 Å². The first-order chi connectivity index (χ1) is 7.36. The summed E-state index contributed by atoms with van der Waals surface area (Å²) < 4.78 is 10.6. The molecule has 1 aliphatic rings. The highest BCUT2D eigenvalue weighted by atomic mass is 16.5. The van der Waals surface area contributed by atoms with Crippen molar-refractivity contribution >= 4 is 0 Å². The lowest BCUT2D eigenvalue weighted by molar-refractivity contribution is 0.100. The molecular weight excluding hydrogens is 192 g/mol. The van der Waals surface area contributed by atoms with Gasteiger partial charge in [0, 0.05) is 26.4 Å². The summed E-state index contributed by atoms with van der Waals surface area (Å²) in [5, 5.41) is 0. The van der Waals surface area contributed by atoms with Gasteiger partial charge in [0.25, 0.3) is 0 Å². The molecule has 0 saturated carbocycles. The van der Waals surface area contributed by atoms with Crippen molar-refractivity contribution in [2.75, 3.05) is 20.3 Å². The molecule has 3 N–H and O–H groups in total. The molecule has 1 rings (SSSR count). The first-order valence-corrected chi connectivity index (χ1v) is 5.93. The molecule has 1 saturated heterocycles. The van der Waals surface area contributed by atoms with Gasteiger partial charge in [-0.15, -0.1) is 0 Å². The molecule has 2 unspecified atom stereocenters. The predicted octanol–water partition coefficient (Wildman–Crippen LogP) is 1.20. The second-order valence-electron chi connectivity index (χ2n) is 4.21. The minimum absolute atomic E-state index is 0.381. The van der Waals surface area contributed by atoms with Crippen LogP contribution in [0.25, 0.3) is 0 Å². The van der Waals surface area contributed by atoms with Crippen LogP contribution in [0.1, 0.15) is 38.5 Å². The third-order valence-corrected chi connectivity index (χ3v) is 3.01. The fourth-order valence-corrected chi connectivity index (χ4v) is 2.04.